The Morgan fingerprint density at radius 3 is 2.67 bits per heavy atom. The third kappa shape index (κ3) is 3.51. The molecule has 0 unspecified atom stereocenters. The molecule has 7 heteroatoms. The molecule has 1 aromatic carbocycles. The molecule has 30 heavy (non-hydrogen) atoms. The van der Waals surface area contributed by atoms with Gasteiger partial charge < -0.3 is 18.7 Å². The zero-order valence-electron chi connectivity index (χ0n) is 17.7. The zero-order valence-corrected chi connectivity index (χ0v) is 17.7. The monoisotopic (exact) mass is 407 g/mol. The topological polar surface area (TPSA) is 90.3 Å². The summed E-state index contributed by atoms with van der Waals surface area (Å²) in [6.45, 7) is 9.06. The van der Waals surface area contributed by atoms with E-state index in [0.29, 0.717) is 23.3 Å². The number of furan rings is 1. The van der Waals surface area contributed by atoms with Crippen molar-refractivity contribution in [1.82, 2.24) is 14.9 Å². The van der Waals surface area contributed by atoms with Crippen molar-refractivity contribution in [2.24, 2.45) is 0 Å². The molecule has 4 aromatic rings. The van der Waals surface area contributed by atoms with E-state index in [2.05, 4.69) is 10.3 Å². The largest absolute Gasteiger partial charge is 0.460 e. The number of hydrogen-bond donors (Lipinski definition) is 1. The highest BCUT2D eigenvalue weighted by atomic mass is 16.4. The summed E-state index contributed by atoms with van der Waals surface area (Å²) < 4.78 is 13.6. The van der Waals surface area contributed by atoms with Crippen LogP contribution in [0.5, 0.6) is 0 Å². The summed E-state index contributed by atoms with van der Waals surface area (Å²) >= 11 is 0. The van der Waals surface area contributed by atoms with Crippen molar-refractivity contribution in [1.29, 1.82) is 0 Å². The van der Waals surface area contributed by atoms with E-state index in [4.69, 9.17) is 8.83 Å². The standard InChI is InChI=1S/C23H25N3O4/c1-13-10-18-21(22-20(13)14(2)16(4)29-22)15(3)17(23(28)30-18)11-19(27)25-6-5-8-26-9-7-24-12-26/h7,9-10,12H,5-6,8,11H2,1-4H3,(H,25,27). The Kier molecular flexibility index (Phi) is 5.20. The van der Waals surface area contributed by atoms with Gasteiger partial charge in [-0.25, -0.2) is 9.78 Å². The van der Waals surface area contributed by atoms with Gasteiger partial charge in [-0.2, -0.15) is 0 Å². The maximum atomic E-state index is 12.6. The first-order valence-electron chi connectivity index (χ1n) is 10.0. The van der Waals surface area contributed by atoms with Crippen LogP contribution >= 0.6 is 0 Å². The molecule has 0 fully saturated rings. The molecule has 0 atom stereocenters. The molecule has 0 saturated heterocycles. The SMILES string of the molecule is Cc1oc2c(c(C)cc3oc(=O)c(CC(=O)NCCCn4ccnc4)c(C)c32)c1C. The number of aromatic nitrogens is 2. The number of carbonyl (C=O) groups is 1. The first kappa shape index (κ1) is 19.9. The van der Waals surface area contributed by atoms with Crippen LogP contribution in [0.25, 0.3) is 21.9 Å². The Bertz CT molecular complexity index is 1300. The number of fused-ring (bicyclic) bond motifs is 3. The van der Waals surface area contributed by atoms with Crippen LogP contribution in [0.4, 0.5) is 0 Å². The van der Waals surface area contributed by atoms with Crippen molar-refractivity contribution in [3.8, 4) is 0 Å². The van der Waals surface area contributed by atoms with Crippen LogP contribution in [-0.4, -0.2) is 22.0 Å². The minimum atomic E-state index is -0.479. The summed E-state index contributed by atoms with van der Waals surface area (Å²) in [7, 11) is 0. The van der Waals surface area contributed by atoms with Crippen molar-refractivity contribution < 1.29 is 13.6 Å². The van der Waals surface area contributed by atoms with E-state index in [9.17, 15) is 9.59 Å². The average molecular weight is 407 g/mol. The van der Waals surface area contributed by atoms with Crippen LogP contribution in [0.3, 0.4) is 0 Å². The summed E-state index contributed by atoms with van der Waals surface area (Å²) in [6.07, 6.45) is 6.10. The minimum absolute atomic E-state index is 0.0246. The summed E-state index contributed by atoms with van der Waals surface area (Å²) in [6, 6.07) is 1.87. The van der Waals surface area contributed by atoms with Crippen molar-refractivity contribution in [3.05, 3.63) is 63.2 Å². The van der Waals surface area contributed by atoms with Crippen LogP contribution in [-0.2, 0) is 17.8 Å². The number of carbonyl (C=O) groups excluding carboxylic acids is 1. The molecule has 156 valence electrons. The van der Waals surface area contributed by atoms with Gasteiger partial charge in [0, 0.05) is 30.9 Å². The molecular weight excluding hydrogens is 382 g/mol. The lowest BCUT2D eigenvalue weighted by molar-refractivity contribution is -0.120. The molecular formula is C23H25N3O4. The van der Waals surface area contributed by atoms with Crippen molar-refractivity contribution in [2.45, 2.75) is 47.1 Å². The van der Waals surface area contributed by atoms with Gasteiger partial charge in [-0.05, 0) is 56.9 Å². The molecule has 0 aliphatic carbocycles. The molecule has 0 saturated carbocycles. The van der Waals surface area contributed by atoms with E-state index in [1.165, 1.54) is 0 Å². The van der Waals surface area contributed by atoms with E-state index in [1.807, 2.05) is 44.5 Å². The molecule has 1 N–H and O–H groups in total. The lowest BCUT2D eigenvalue weighted by Crippen LogP contribution is -2.29. The minimum Gasteiger partial charge on any atom is -0.460 e. The van der Waals surface area contributed by atoms with Crippen LogP contribution in [0, 0.1) is 27.7 Å². The summed E-state index contributed by atoms with van der Waals surface area (Å²) in [4.78, 5) is 29.1. The molecule has 0 bridgehead atoms. The molecule has 1 amide bonds. The molecule has 0 spiro atoms. The van der Waals surface area contributed by atoms with Gasteiger partial charge in [0.1, 0.15) is 16.9 Å². The number of aryl methyl sites for hydroxylation is 5. The van der Waals surface area contributed by atoms with Gasteiger partial charge in [0.25, 0.3) is 0 Å². The second-order valence-corrected chi connectivity index (χ2v) is 7.73. The molecule has 0 radical (unpaired) electrons. The lowest BCUT2D eigenvalue weighted by atomic mass is 9.98. The Balaban J connectivity index is 1.60. The van der Waals surface area contributed by atoms with E-state index in [1.54, 1.807) is 12.5 Å². The zero-order chi connectivity index (χ0) is 21.4. The highest BCUT2D eigenvalue weighted by Gasteiger charge is 2.21. The summed E-state index contributed by atoms with van der Waals surface area (Å²) in [5.41, 5.74) is 3.89. The van der Waals surface area contributed by atoms with Crippen molar-refractivity contribution in [2.75, 3.05) is 6.54 Å². The third-order valence-corrected chi connectivity index (χ3v) is 5.69. The van der Waals surface area contributed by atoms with Gasteiger partial charge in [0.05, 0.1) is 23.7 Å². The number of imidazole rings is 1. The van der Waals surface area contributed by atoms with Crippen molar-refractivity contribution >= 4 is 27.8 Å². The van der Waals surface area contributed by atoms with Gasteiger partial charge >= 0.3 is 5.63 Å². The number of hydrogen-bond acceptors (Lipinski definition) is 5. The second kappa shape index (κ2) is 7.82. The van der Waals surface area contributed by atoms with E-state index < -0.39 is 5.63 Å². The number of rotatable bonds is 6. The Labute approximate surface area is 173 Å². The number of amides is 1. The molecule has 4 rings (SSSR count). The van der Waals surface area contributed by atoms with Gasteiger partial charge in [-0.1, -0.05) is 0 Å². The van der Waals surface area contributed by atoms with Crippen LogP contribution in [0.1, 0.15) is 34.4 Å². The lowest BCUT2D eigenvalue weighted by Gasteiger charge is -2.10. The third-order valence-electron chi connectivity index (χ3n) is 5.69. The Morgan fingerprint density at radius 2 is 1.93 bits per heavy atom. The molecule has 3 aromatic heterocycles. The van der Waals surface area contributed by atoms with Crippen LogP contribution in [0.2, 0.25) is 0 Å². The summed E-state index contributed by atoms with van der Waals surface area (Å²) in [5.74, 6) is 0.633. The normalized spacial score (nSPS) is 11.5. The molecule has 0 aliphatic heterocycles. The smallest absolute Gasteiger partial charge is 0.340 e. The molecule has 0 aliphatic rings. The first-order chi connectivity index (χ1) is 14.4. The van der Waals surface area contributed by atoms with Crippen LogP contribution < -0.4 is 10.9 Å². The predicted octanol–water partition coefficient (Wildman–Crippen LogP) is 3.72. The highest BCUT2D eigenvalue weighted by molar-refractivity contribution is 6.07. The Hall–Kier alpha value is -3.35. The molecule has 7 nitrogen and oxygen atoms in total. The first-order valence-corrected chi connectivity index (χ1v) is 10.0. The fourth-order valence-corrected chi connectivity index (χ4v) is 3.97. The van der Waals surface area contributed by atoms with Gasteiger partial charge in [0.15, 0.2) is 0 Å². The fraction of sp³-hybridized carbons (Fsp3) is 0.348. The van der Waals surface area contributed by atoms with E-state index >= 15 is 0 Å². The number of nitrogens with zero attached hydrogens (tertiary/aromatic N) is 2. The maximum absolute atomic E-state index is 12.6. The van der Waals surface area contributed by atoms with Gasteiger partial charge in [-0.3, -0.25) is 4.79 Å². The Morgan fingerprint density at radius 1 is 1.13 bits per heavy atom. The van der Waals surface area contributed by atoms with Gasteiger partial charge in [-0.15, -0.1) is 0 Å². The number of nitrogens with one attached hydrogen (secondary N) is 1. The maximum Gasteiger partial charge on any atom is 0.340 e. The summed E-state index contributed by atoms with van der Waals surface area (Å²) in [5, 5.41) is 4.67. The van der Waals surface area contributed by atoms with E-state index in [0.717, 1.165) is 46.2 Å². The van der Waals surface area contributed by atoms with E-state index in [-0.39, 0.29) is 12.3 Å². The van der Waals surface area contributed by atoms with Crippen molar-refractivity contribution in [3.63, 3.8) is 0 Å². The van der Waals surface area contributed by atoms with Crippen LogP contribution in [0.15, 0.2) is 38.4 Å². The second-order valence-electron chi connectivity index (χ2n) is 7.73. The molecule has 3 heterocycles. The number of benzene rings is 1. The average Bonchev–Trinajstić information content (AvgIpc) is 3.31. The predicted molar refractivity (Wildman–Crippen MR) is 115 cm³/mol. The quantitative estimate of drug-likeness (QED) is 0.389. The fourth-order valence-electron chi connectivity index (χ4n) is 3.97. The van der Waals surface area contributed by atoms with Gasteiger partial charge in [0.2, 0.25) is 5.91 Å². The highest BCUT2D eigenvalue weighted by Crippen LogP contribution is 2.36.